The Morgan fingerprint density at radius 1 is 0.864 bits per heavy atom. The van der Waals surface area contributed by atoms with E-state index in [4.69, 9.17) is 0 Å². The van der Waals surface area contributed by atoms with E-state index in [2.05, 4.69) is 20.8 Å². The second kappa shape index (κ2) is 5.23. The highest BCUT2D eigenvalue weighted by Crippen LogP contribution is 2.67. The van der Waals surface area contributed by atoms with Crippen LogP contribution in [-0.2, 0) is 0 Å². The van der Waals surface area contributed by atoms with Gasteiger partial charge in [0, 0.05) is 0 Å². The molecule has 1 N–H and O–H groups in total. The SMILES string of the molecule is CC[C@@H]1CC[C@@H]2[C@H]3CC[C@H]4C[C@@H](O)CC[C@]4(C)[C@@H]3CC[C@@]12C. The molecule has 22 heavy (non-hydrogen) atoms. The largest absolute Gasteiger partial charge is 0.393 e. The molecule has 0 aliphatic heterocycles. The van der Waals surface area contributed by atoms with E-state index < -0.39 is 0 Å². The quantitative estimate of drug-likeness (QED) is 0.686. The summed E-state index contributed by atoms with van der Waals surface area (Å²) in [6.45, 7) is 7.68. The van der Waals surface area contributed by atoms with Gasteiger partial charge in [0.05, 0.1) is 6.10 Å². The van der Waals surface area contributed by atoms with Crippen LogP contribution in [0.2, 0.25) is 0 Å². The van der Waals surface area contributed by atoms with Gasteiger partial charge in [-0.25, -0.2) is 0 Å². The van der Waals surface area contributed by atoms with Gasteiger partial charge in [-0.05, 0) is 98.2 Å². The molecule has 4 rings (SSSR count). The first kappa shape index (κ1) is 15.5. The summed E-state index contributed by atoms with van der Waals surface area (Å²) in [5.74, 6) is 4.79. The fraction of sp³-hybridized carbons (Fsp3) is 1.00. The third-order valence-corrected chi connectivity index (χ3v) is 9.33. The molecule has 0 aromatic carbocycles. The zero-order valence-electron chi connectivity index (χ0n) is 15.0. The van der Waals surface area contributed by atoms with Gasteiger partial charge < -0.3 is 5.11 Å². The summed E-state index contributed by atoms with van der Waals surface area (Å²) in [4.78, 5) is 0. The van der Waals surface area contributed by atoms with E-state index in [1.54, 1.807) is 0 Å². The maximum Gasteiger partial charge on any atom is 0.0543 e. The van der Waals surface area contributed by atoms with Gasteiger partial charge in [0.15, 0.2) is 0 Å². The highest BCUT2D eigenvalue weighted by Gasteiger charge is 2.59. The van der Waals surface area contributed by atoms with Crippen LogP contribution in [-0.4, -0.2) is 11.2 Å². The molecule has 0 unspecified atom stereocenters. The van der Waals surface area contributed by atoms with Crippen molar-refractivity contribution in [3.8, 4) is 0 Å². The number of aliphatic hydroxyl groups is 1. The number of fused-ring (bicyclic) bond motifs is 5. The molecule has 4 aliphatic carbocycles. The summed E-state index contributed by atoms with van der Waals surface area (Å²) in [6, 6.07) is 0. The number of hydrogen-bond acceptors (Lipinski definition) is 1. The topological polar surface area (TPSA) is 20.2 Å². The lowest BCUT2D eigenvalue weighted by atomic mass is 9.44. The van der Waals surface area contributed by atoms with E-state index in [-0.39, 0.29) is 6.10 Å². The van der Waals surface area contributed by atoms with E-state index >= 15 is 0 Å². The van der Waals surface area contributed by atoms with Crippen molar-refractivity contribution >= 4 is 0 Å². The van der Waals surface area contributed by atoms with Crippen LogP contribution in [0, 0.1) is 40.4 Å². The number of rotatable bonds is 1. The highest BCUT2D eigenvalue weighted by molar-refractivity contribution is 5.08. The smallest absolute Gasteiger partial charge is 0.0543 e. The maximum atomic E-state index is 10.1. The standard InChI is InChI=1S/C21H36O/c1-4-14-6-8-18-17-7-5-15-13-16(22)9-11-21(15,3)19(17)10-12-20(14,18)2/h14-19,22H,4-13H2,1-3H3/t14-,15+,16+,17-,18-,19-,20+,21+/m1/s1. The molecule has 4 saturated carbocycles. The van der Waals surface area contributed by atoms with Crippen molar-refractivity contribution in [1.82, 2.24) is 0 Å². The third kappa shape index (κ3) is 2.00. The molecule has 0 spiro atoms. The lowest BCUT2D eigenvalue weighted by Gasteiger charge is -2.61. The first-order valence-corrected chi connectivity index (χ1v) is 10.2. The zero-order chi connectivity index (χ0) is 15.5. The van der Waals surface area contributed by atoms with Crippen molar-refractivity contribution in [3.05, 3.63) is 0 Å². The van der Waals surface area contributed by atoms with Gasteiger partial charge in [0.2, 0.25) is 0 Å². The van der Waals surface area contributed by atoms with Crippen LogP contribution in [0.5, 0.6) is 0 Å². The van der Waals surface area contributed by atoms with Crippen molar-refractivity contribution in [2.45, 2.75) is 91.1 Å². The first-order chi connectivity index (χ1) is 10.5. The van der Waals surface area contributed by atoms with Gasteiger partial charge in [0.1, 0.15) is 0 Å². The molecule has 1 nitrogen and oxygen atoms in total. The van der Waals surface area contributed by atoms with Gasteiger partial charge in [-0.3, -0.25) is 0 Å². The summed E-state index contributed by atoms with van der Waals surface area (Å²) in [5.41, 5.74) is 1.21. The molecule has 0 saturated heterocycles. The summed E-state index contributed by atoms with van der Waals surface area (Å²) < 4.78 is 0. The van der Waals surface area contributed by atoms with Crippen LogP contribution in [0.3, 0.4) is 0 Å². The Hall–Kier alpha value is -0.0400. The molecule has 0 radical (unpaired) electrons. The number of hydrogen-bond donors (Lipinski definition) is 1. The van der Waals surface area contributed by atoms with Crippen molar-refractivity contribution in [2.24, 2.45) is 40.4 Å². The molecule has 0 aromatic heterocycles. The Labute approximate surface area is 137 Å². The van der Waals surface area contributed by atoms with E-state index in [9.17, 15) is 5.11 Å². The van der Waals surface area contributed by atoms with Gasteiger partial charge in [0.25, 0.3) is 0 Å². The molecule has 0 bridgehead atoms. The molecule has 126 valence electrons. The zero-order valence-corrected chi connectivity index (χ0v) is 15.0. The average molecular weight is 305 g/mol. The predicted molar refractivity (Wildman–Crippen MR) is 91.5 cm³/mol. The predicted octanol–water partition coefficient (Wildman–Crippen LogP) is 5.42. The van der Waals surface area contributed by atoms with Crippen LogP contribution < -0.4 is 0 Å². The van der Waals surface area contributed by atoms with E-state index in [1.165, 1.54) is 51.4 Å². The molecule has 1 heteroatoms. The first-order valence-electron chi connectivity index (χ1n) is 10.2. The fourth-order valence-electron chi connectivity index (χ4n) is 8.01. The molecule has 0 amide bonds. The van der Waals surface area contributed by atoms with Crippen LogP contribution in [0.15, 0.2) is 0 Å². The summed E-state index contributed by atoms with van der Waals surface area (Å²) in [5, 5.41) is 10.1. The summed E-state index contributed by atoms with van der Waals surface area (Å²) in [6.07, 6.45) is 13.7. The van der Waals surface area contributed by atoms with E-state index in [0.29, 0.717) is 10.8 Å². The van der Waals surface area contributed by atoms with Gasteiger partial charge >= 0.3 is 0 Å². The third-order valence-electron chi connectivity index (χ3n) is 9.33. The van der Waals surface area contributed by atoms with Crippen molar-refractivity contribution in [1.29, 1.82) is 0 Å². The van der Waals surface area contributed by atoms with Crippen molar-refractivity contribution < 1.29 is 5.11 Å². The molecule has 8 atom stereocenters. The molecule has 4 aliphatic rings. The second-order valence-electron chi connectivity index (χ2n) is 9.81. The Morgan fingerprint density at radius 2 is 1.59 bits per heavy atom. The average Bonchev–Trinajstić information content (AvgIpc) is 2.84. The summed E-state index contributed by atoms with van der Waals surface area (Å²) >= 11 is 0. The maximum absolute atomic E-state index is 10.1. The monoisotopic (exact) mass is 304 g/mol. The normalized spacial score (nSPS) is 57.8. The molecule has 0 aromatic rings. The minimum atomic E-state index is -0.000524. The fourth-order valence-corrected chi connectivity index (χ4v) is 8.01. The Kier molecular flexibility index (Phi) is 3.68. The van der Waals surface area contributed by atoms with E-state index in [0.717, 1.165) is 42.4 Å². The lowest BCUT2D eigenvalue weighted by molar-refractivity contribution is -0.126. The second-order valence-corrected chi connectivity index (χ2v) is 9.81. The van der Waals surface area contributed by atoms with Crippen molar-refractivity contribution in [2.75, 3.05) is 0 Å². The van der Waals surface area contributed by atoms with Crippen LogP contribution in [0.1, 0.15) is 85.0 Å². The molecular formula is C21H36O. The Balaban J connectivity index is 1.61. The number of aliphatic hydroxyl groups excluding tert-OH is 1. The van der Waals surface area contributed by atoms with Gasteiger partial charge in [-0.2, -0.15) is 0 Å². The lowest BCUT2D eigenvalue weighted by Crippen LogP contribution is -2.53. The van der Waals surface area contributed by atoms with Crippen LogP contribution >= 0.6 is 0 Å². The van der Waals surface area contributed by atoms with Crippen molar-refractivity contribution in [3.63, 3.8) is 0 Å². The Morgan fingerprint density at radius 3 is 2.36 bits per heavy atom. The summed E-state index contributed by atoms with van der Waals surface area (Å²) in [7, 11) is 0. The molecular weight excluding hydrogens is 268 g/mol. The minimum absolute atomic E-state index is 0.000524. The van der Waals surface area contributed by atoms with Gasteiger partial charge in [-0.1, -0.05) is 27.2 Å². The van der Waals surface area contributed by atoms with Crippen LogP contribution in [0.4, 0.5) is 0 Å². The van der Waals surface area contributed by atoms with Gasteiger partial charge in [-0.15, -0.1) is 0 Å². The minimum Gasteiger partial charge on any atom is -0.393 e. The van der Waals surface area contributed by atoms with E-state index in [1.807, 2.05) is 0 Å². The highest BCUT2D eigenvalue weighted by atomic mass is 16.3. The Bertz CT molecular complexity index is 432. The molecule has 0 heterocycles. The molecule has 4 fully saturated rings. The van der Waals surface area contributed by atoms with Crippen LogP contribution in [0.25, 0.3) is 0 Å².